The van der Waals surface area contributed by atoms with Gasteiger partial charge in [-0.15, -0.1) is 0 Å². The van der Waals surface area contributed by atoms with Crippen LogP contribution in [0.1, 0.15) is 60.2 Å². The van der Waals surface area contributed by atoms with Crippen LogP contribution < -0.4 is 0 Å². The third-order valence-electron chi connectivity index (χ3n) is 6.49. The summed E-state index contributed by atoms with van der Waals surface area (Å²) >= 11 is 0. The second-order valence-corrected chi connectivity index (χ2v) is 12.2. The van der Waals surface area contributed by atoms with Crippen molar-refractivity contribution >= 4 is 21.7 Å². The number of fused-ring (bicyclic) bond motifs is 1. The number of carbonyl (C=O) groups is 2. The van der Waals surface area contributed by atoms with Crippen molar-refractivity contribution in [2.45, 2.75) is 56.1 Å². The topological polar surface area (TPSA) is 117 Å². The SMILES string of the molecule is CCOC(=O)c1nn2c3c1CCN(CC1(CC1)S(=O)(=O)C(C)(C)COCCOCC2)C3=O. The van der Waals surface area contributed by atoms with Crippen LogP contribution in [0.5, 0.6) is 0 Å². The molecule has 178 valence electrons. The lowest BCUT2D eigenvalue weighted by molar-refractivity contribution is 0.0372. The average molecular weight is 470 g/mol. The summed E-state index contributed by atoms with van der Waals surface area (Å²) in [4.78, 5) is 27.5. The molecule has 4 rings (SSSR count). The maximum atomic E-state index is 13.5. The second kappa shape index (κ2) is 8.42. The molecule has 1 fully saturated rings. The van der Waals surface area contributed by atoms with Gasteiger partial charge in [0.15, 0.2) is 15.5 Å². The van der Waals surface area contributed by atoms with Gasteiger partial charge in [0.25, 0.3) is 5.91 Å². The summed E-state index contributed by atoms with van der Waals surface area (Å²) in [7, 11) is -3.58. The quantitative estimate of drug-likeness (QED) is 0.585. The van der Waals surface area contributed by atoms with Crippen molar-refractivity contribution in [2.24, 2.45) is 0 Å². The molecule has 1 saturated carbocycles. The van der Waals surface area contributed by atoms with Crippen molar-refractivity contribution in [1.82, 2.24) is 14.7 Å². The van der Waals surface area contributed by atoms with Crippen LogP contribution in [0.3, 0.4) is 0 Å². The minimum Gasteiger partial charge on any atom is -0.461 e. The number of ether oxygens (including phenoxy) is 3. The van der Waals surface area contributed by atoms with E-state index in [4.69, 9.17) is 14.2 Å². The lowest BCUT2D eigenvalue weighted by atomic mass is 10.0. The number of rotatable bonds is 2. The fraction of sp³-hybridized carbons (Fsp3) is 0.762. The molecule has 3 heterocycles. The van der Waals surface area contributed by atoms with Crippen molar-refractivity contribution in [2.75, 3.05) is 46.1 Å². The largest absolute Gasteiger partial charge is 0.461 e. The lowest BCUT2D eigenvalue weighted by Crippen LogP contribution is -2.52. The summed E-state index contributed by atoms with van der Waals surface area (Å²) in [6.45, 7) is 6.93. The summed E-state index contributed by atoms with van der Waals surface area (Å²) in [6.07, 6.45) is 1.45. The Balaban J connectivity index is 1.71. The van der Waals surface area contributed by atoms with Crippen molar-refractivity contribution in [1.29, 1.82) is 0 Å². The molecule has 3 aliphatic rings. The molecule has 1 spiro atoms. The highest BCUT2D eigenvalue weighted by molar-refractivity contribution is 7.94. The first kappa shape index (κ1) is 23.2. The van der Waals surface area contributed by atoms with E-state index in [0.717, 1.165) is 0 Å². The molecule has 1 aromatic heterocycles. The van der Waals surface area contributed by atoms with E-state index in [1.54, 1.807) is 25.7 Å². The maximum Gasteiger partial charge on any atom is 0.359 e. The zero-order valence-corrected chi connectivity index (χ0v) is 19.7. The highest BCUT2D eigenvalue weighted by Gasteiger charge is 2.61. The molecular formula is C21H31N3O7S. The zero-order chi connectivity index (χ0) is 23.1. The molecule has 2 aliphatic heterocycles. The molecule has 1 aliphatic carbocycles. The number of amides is 1. The van der Waals surface area contributed by atoms with E-state index in [0.29, 0.717) is 37.1 Å². The Morgan fingerprint density at radius 3 is 2.56 bits per heavy atom. The molecule has 1 aromatic rings. The van der Waals surface area contributed by atoms with E-state index in [1.165, 1.54) is 4.68 Å². The van der Waals surface area contributed by atoms with Crippen molar-refractivity contribution in [3.05, 3.63) is 17.0 Å². The smallest absolute Gasteiger partial charge is 0.359 e. The summed E-state index contributed by atoms with van der Waals surface area (Å²) in [5, 5.41) is 4.37. The summed E-state index contributed by atoms with van der Waals surface area (Å²) in [5.41, 5.74) is 1.03. The number of esters is 1. The third-order valence-corrected chi connectivity index (χ3v) is 9.74. The Kier molecular flexibility index (Phi) is 6.10. The monoisotopic (exact) mass is 469 g/mol. The Hall–Kier alpha value is -1.98. The molecule has 0 aromatic carbocycles. The number of sulfone groups is 1. The molecule has 0 saturated heterocycles. The Morgan fingerprint density at radius 2 is 1.88 bits per heavy atom. The van der Waals surface area contributed by atoms with Gasteiger partial charge in [-0.3, -0.25) is 9.48 Å². The van der Waals surface area contributed by atoms with Gasteiger partial charge in [0.1, 0.15) is 5.69 Å². The number of carbonyl (C=O) groups excluding carboxylic acids is 2. The number of hydrogen-bond donors (Lipinski definition) is 0. The van der Waals surface area contributed by atoms with Crippen LogP contribution >= 0.6 is 0 Å². The first-order chi connectivity index (χ1) is 15.1. The molecule has 0 atom stereocenters. The highest BCUT2D eigenvalue weighted by atomic mass is 32.2. The van der Waals surface area contributed by atoms with Crippen LogP contribution in [-0.4, -0.2) is 90.6 Å². The fourth-order valence-electron chi connectivity index (χ4n) is 4.50. The van der Waals surface area contributed by atoms with Crippen LogP contribution in [0.15, 0.2) is 0 Å². The van der Waals surface area contributed by atoms with Crippen LogP contribution in [0.25, 0.3) is 0 Å². The van der Waals surface area contributed by atoms with E-state index >= 15 is 0 Å². The second-order valence-electron chi connectivity index (χ2n) is 9.21. The van der Waals surface area contributed by atoms with Gasteiger partial charge in [0, 0.05) is 18.7 Å². The van der Waals surface area contributed by atoms with Crippen molar-refractivity contribution < 1.29 is 32.2 Å². The third kappa shape index (κ3) is 3.84. The number of nitrogens with zero attached hydrogens (tertiary/aromatic N) is 3. The first-order valence-corrected chi connectivity index (χ1v) is 12.6. The minimum atomic E-state index is -3.58. The van der Waals surface area contributed by atoms with E-state index < -0.39 is 25.3 Å². The minimum absolute atomic E-state index is 0.0724. The van der Waals surface area contributed by atoms with Crippen LogP contribution in [-0.2, 0) is 37.0 Å². The van der Waals surface area contributed by atoms with Crippen LogP contribution in [0.2, 0.25) is 0 Å². The van der Waals surface area contributed by atoms with Gasteiger partial charge in [-0.1, -0.05) is 0 Å². The molecule has 32 heavy (non-hydrogen) atoms. The Morgan fingerprint density at radius 1 is 1.16 bits per heavy atom. The molecule has 11 heteroatoms. The van der Waals surface area contributed by atoms with E-state index in [1.807, 2.05) is 0 Å². The Bertz CT molecular complexity index is 1010. The van der Waals surface area contributed by atoms with E-state index in [2.05, 4.69) is 5.10 Å². The lowest BCUT2D eigenvalue weighted by Gasteiger charge is -2.35. The van der Waals surface area contributed by atoms with E-state index in [-0.39, 0.29) is 57.7 Å². The number of aromatic nitrogens is 2. The van der Waals surface area contributed by atoms with E-state index in [9.17, 15) is 18.0 Å². The summed E-state index contributed by atoms with van der Waals surface area (Å²) in [5.74, 6) is -0.866. The van der Waals surface area contributed by atoms with Gasteiger partial charge < -0.3 is 19.1 Å². The standard InChI is InChI=1S/C21H31N3O7S/c1-4-31-19(26)16-15-5-8-23-13-21(6-7-21)32(27,28)20(2,3)14-30-12-11-29-10-9-24(22-16)17(15)18(23)25/h4-14H2,1-3H3. The van der Waals surface area contributed by atoms with Gasteiger partial charge in [0.2, 0.25) is 0 Å². The normalized spacial score (nSPS) is 24.5. The summed E-state index contributed by atoms with van der Waals surface area (Å²) in [6, 6.07) is 0. The highest BCUT2D eigenvalue weighted by Crippen LogP contribution is 2.49. The molecule has 1 amide bonds. The van der Waals surface area contributed by atoms with Gasteiger partial charge in [-0.2, -0.15) is 5.10 Å². The molecular weight excluding hydrogens is 438 g/mol. The number of hydrogen-bond acceptors (Lipinski definition) is 8. The first-order valence-electron chi connectivity index (χ1n) is 11.1. The Labute approximate surface area is 188 Å². The maximum absolute atomic E-state index is 13.5. The van der Waals surface area contributed by atoms with Crippen LogP contribution in [0, 0.1) is 0 Å². The molecule has 0 N–H and O–H groups in total. The molecule has 10 nitrogen and oxygen atoms in total. The summed E-state index contributed by atoms with van der Waals surface area (Å²) < 4.78 is 42.9. The fourth-order valence-corrected chi connectivity index (χ4v) is 6.88. The predicted molar refractivity (Wildman–Crippen MR) is 114 cm³/mol. The van der Waals surface area contributed by atoms with Gasteiger partial charge in [-0.05, 0) is 40.0 Å². The van der Waals surface area contributed by atoms with Crippen LogP contribution in [0.4, 0.5) is 0 Å². The van der Waals surface area contributed by atoms with Gasteiger partial charge in [-0.25, -0.2) is 13.2 Å². The predicted octanol–water partition coefficient (Wildman–Crippen LogP) is 0.831. The molecule has 0 unspecified atom stereocenters. The zero-order valence-electron chi connectivity index (χ0n) is 18.9. The van der Waals surface area contributed by atoms with Gasteiger partial charge in [0.05, 0.1) is 49.1 Å². The molecule has 0 radical (unpaired) electrons. The average Bonchev–Trinajstić information content (AvgIpc) is 3.43. The van der Waals surface area contributed by atoms with Crippen molar-refractivity contribution in [3.8, 4) is 0 Å². The molecule has 2 bridgehead atoms. The van der Waals surface area contributed by atoms with Crippen molar-refractivity contribution in [3.63, 3.8) is 0 Å². The van der Waals surface area contributed by atoms with Gasteiger partial charge >= 0.3 is 5.97 Å².